The summed E-state index contributed by atoms with van der Waals surface area (Å²) in [7, 11) is 0. The van der Waals surface area contributed by atoms with E-state index in [4.69, 9.17) is 21.6 Å². The van der Waals surface area contributed by atoms with Crippen LogP contribution in [0.3, 0.4) is 0 Å². The molecule has 2 rings (SSSR count). The van der Waals surface area contributed by atoms with Gasteiger partial charge in [0.15, 0.2) is 0 Å². The summed E-state index contributed by atoms with van der Waals surface area (Å²) in [5.41, 5.74) is -0.250. The molecule has 4 nitrogen and oxygen atoms in total. The first-order valence-electron chi connectivity index (χ1n) is 5.35. The number of aryl methyl sites for hydroxylation is 1. The molecule has 0 radical (unpaired) electrons. The van der Waals surface area contributed by atoms with Gasteiger partial charge in [0, 0.05) is 10.6 Å². The lowest BCUT2D eigenvalue weighted by molar-refractivity contribution is -0.235. The molecule has 0 saturated heterocycles. The van der Waals surface area contributed by atoms with Crippen LogP contribution < -0.4 is 4.74 Å². The zero-order valence-electron chi connectivity index (χ0n) is 9.99. The molecule has 1 unspecified atom stereocenters. The maximum atomic E-state index is 12.9. The van der Waals surface area contributed by atoms with Crippen molar-refractivity contribution in [1.82, 2.24) is 0 Å². The third kappa shape index (κ3) is 2.59. The minimum Gasteiger partial charge on any atom is -0.475 e. The van der Waals surface area contributed by atoms with Gasteiger partial charge in [-0.15, -0.1) is 0 Å². The van der Waals surface area contributed by atoms with Crippen molar-refractivity contribution < 1.29 is 32.8 Å². The molecule has 108 valence electrons. The fourth-order valence-electron chi connectivity index (χ4n) is 1.91. The third-order valence-electron chi connectivity index (χ3n) is 2.71. The van der Waals surface area contributed by atoms with Gasteiger partial charge in [0.2, 0.25) is 6.10 Å². The van der Waals surface area contributed by atoms with Gasteiger partial charge in [0.05, 0.1) is 5.57 Å². The number of ether oxygens (including phenoxy) is 1. The monoisotopic (exact) mass is 308 g/mol. The number of alkyl halides is 3. The minimum atomic E-state index is -4.83. The van der Waals surface area contributed by atoms with Crippen molar-refractivity contribution in [2.75, 3.05) is 0 Å². The molecule has 1 atom stereocenters. The highest BCUT2D eigenvalue weighted by atomic mass is 35.5. The van der Waals surface area contributed by atoms with Crippen molar-refractivity contribution in [3.8, 4) is 5.75 Å². The van der Waals surface area contributed by atoms with Crippen LogP contribution in [-0.4, -0.2) is 23.5 Å². The summed E-state index contributed by atoms with van der Waals surface area (Å²) in [6, 6.07) is 2.79. The minimum absolute atomic E-state index is 0.0220. The Kier molecular flexibility index (Phi) is 3.66. The molecule has 0 spiro atoms. The van der Waals surface area contributed by atoms with Crippen molar-refractivity contribution in [3.63, 3.8) is 0 Å². The molecule has 1 N–H and O–H groups in total. The van der Waals surface area contributed by atoms with Gasteiger partial charge in [-0.1, -0.05) is 11.6 Å². The number of carbonyl (C=O) groups excluding carboxylic acids is 1. The number of benzene rings is 1. The van der Waals surface area contributed by atoms with Crippen molar-refractivity contribution in [2.24, 2.45) is 0 Å². The van der Waals surface area contributed by atoms with Crippen LogP contribution in [0, 0.1) is 6.92 Å². The summed E-state index contributed by atoms with van der Waals surface area (Å²) >= 11 is 5.80. The predicted molar refractivity (Wildman–Crippen MR) is 63.4 cm³/mol. The standard InChI is InChI=1S/C12H8ClF3O4/c1-5-2-7(13)3-6-4-8(11(17)20-18)10(12(14,15)16)19-9(5)6/h2-4,10,18H,1H3. The van der Waals surface area contributed by atoms with Crippen LogP contribution in [-0.2, 0) is 9.68 Å². The van der Waals surface area contributed by atoms with Crippen LogP contribution in [0.15, 0.2) is 17.7 Å². The van der Waals surface area contributed by atoms with Gasteiger partial charge in [-0.25, -0.2) is 4.79 Å². The maximum absolute atomic E-state index is 12.9. The fraction of sp³-hybridized carbons (Fsp3) is 0.250. The predicted octanol–water partition coefficient (Wildman–Crippen LogP) is 3.37. The van der Waals surface area contributed by atoms with Crippen LogP contribution in [0.2, 0.25) is 5.02 Å². The van der Waals surface area contributed by atoms with Gasteiger partial charge in [0.1, 0.15) is 5.75 Å². The zero-order valence-corrected chi connectivity index (χ0v) is 10.7. The molecule has 0 fully saturated rings. The second kappa shape index (κ2) is 4.99. The smallest absolute Gasteiger partial charge is 0.430 e. The molecule has 1 aliphatic heterocycles. The van der Waals surface area contributed by atoms with E-state index in [0.717, 1.165) is 6.08 Å². The SMILES string of the molecule is Cc1cc(Cl)cc2c1OC(C(F)(F)F)C(C(=O)OO)=C2. The van der Waals surface area contributed by atoms with Gasteiger partial charge in [0.25, 0.3) is 0 Å². The van der Waals surface area contributed by atoms with E-state index in [9.17, 15) is 18.0 Å². The van der Waals surface area contributed by atoms with Gasteiger partial charge in [-0.3, -0.25) is 4.89 Å². The Morgan fingerprint density at radius 1 is 1.45 bits per heavy atom. The lowest BCUT2D eigenvalue weighted by atomic mass is 9.99. The molecule has 8 heteroatoms. The van der Waals surface area contributed by atoms with E-state index in [1.165, 1.54) is 19.1 Å². The summed E-state index contributed by atoms with van der Waals surface area (Å²) in [6.45, 7) is 1.53. The Morgan fingerprint density at radius 3 is 2.65 bits per heavy atom. The summed E-state index contributed by atoms with van der Waals surface area (Å²) in [6.07, 6.45) is -6.40. The zero-order chi connectivity index (χ0) is 15.1. The molecular formula is C12H8ClF3O4. The molecule has 1 heterocycles. The van der Waals surface area contributed by atoms with Gasteiger partial charge >= 0.3 is 12.1 Å². The Labute approximate surface area is 116 Å². The molecule has 1 aliphatic rings. The first-order chi connectivity index (χ1) is 9.24. The highest BCUT2D eigenvalue weighted by Crippen LogP contribution is 2.40. The van der Waals surface area contributed by atoms with Crippen LogP contribution >= 0.6 is 11.6 Å². The van der Waals surface area contributed by atoms with Gasteiger partial charge in [-0.05, 0) is 30.7 Å². The van der Waals surface area contributed by atoms with E-state index in [0.29, 0.717) is 5.56 Å². The fourth-order valence-corrected chi connectivity index (χ4v) is 2.19. The lowest BCUT2D eigenvalue weighted by Gasteiger charge is -2.28. The number of fused-ring (bicyclic) bond motifs is 1. The number of halogens is 4. The summed E-state index contributed by atoms with van der Waals surface area (Å²) in [5, 5.41) is 8.57. The van der Waals surface area contributed by atoms with Crippen LogP contribution in [0.1, 0.15) is 11.1 Å². The molecule has 0 bridgehead atoms. The molecular weight excluding hydrogens is 301 g/mol. The van der Waals surface area contributed by atoms with Crippen molar-refractivity contribution >= 4 is 23.6 Å². The molecule has 0 amide bonds. The Hall–Kier alpha value is -1.73. The first kappa shape index (κ1) is 14.7. The van der Waals surface area contributed by atoms with Gasteiger partial charge in [-0.2, -0.15) is 18.4 Å². The van der Waals surface area contributed by atoms with E-state index in [1.807, 2.05) is 0 Å². The molecule has 0 saturated carbocycles. The third-order valence-corrected chi connectivity index (χ3v) is 2.93. The van der Waals surface area contributed by atoms with E-state index in [-0.39, 0.29) is 16.3 Å². The average molecular weight is 309 g/mol. The molecule has 0 aliphatic carbocycles. The number of hydrogen-bond donors (Lipinski definition) is 1. The topological polar surface area (TPSA) is 55.8 Å². The molecule has 0 aromatic heterocycles. The summed E-state index contributed by atoms with van der Waals surface area (Å²) < 4.78 is 43.6. The van der Waals surface area contributed by atoms with E-state index < -0.39 is 23.8 Å². The van der Waals surface area contributed by atoms with Crippen LogP contribution in [0.4, 0.5) is 13.2 Å². The second-order valence-corrected chi connectivity index (χ2v) is 4.60. The Morgan fingerprint density at radius 2 is 2.10 bits per heavy atom. The highest BCUT2D eigenvalue weighted by Gasteiger charge is 2.49. The summed E-state index contributed by atoms with van der Waals surface area (Å²) in [5.74, 6) is -1.55. The first-order valence-corrected chi connectivity index (χ1v) is 5.72. The quantitative estimate of drug-likeness (QED) is 0.638. The number of hydrogen-bond acceptors (Lipinski definition) is 4. The molecule has 20 heavy (non-hydrogen) atoms. The summed E-state index contributed by atoms with van der Waals surface area (Å²) in [4.78, 5) is 14.6. The molecule has 1 aromatic rings. The normalized spacial score (nSPS) is 17.9. The van der Waals surface area contributed by atoms with Crippen LogP contribution in [0.25, 0.3) is 6.08 Å². The van der Waals surface area contributed by atoms with Crippen molar-refractivity contribution in [1.29, 1.82) is 0 Å². The lowest BCUT2D eigenvalue weighted by Crippen LogP contribution is -2.40. The highest BCUT2D eigenvalue weighted by molar-refractivity contribution is 6.30. The van der Waals surface area contributed by atoms with Crippen molar-refractivity contribution in [3.05, 3.63) is 33.9 Å². The van der Waals surface area contributed by atoms with Crippen molar-refractivity contribution in [2.45, 2.75) is 19.2 Å². The number of carbonyl (C=O) groups is 1. The average Bonchev–Trinajstić information content (AvgIpc) is 2.35. The van der Waals surface area contributed by atoms with E-state index >= 15 is 0 Å². The van der Waals surface area contributed by atoms with E-state index in [2.05, 4.69) is 4.89 Å². The Balaban J connectivity index is 2.60. The second-order valence-electron chi connectivity index (χ2n) is 4.16. The largest absolute Gasteiger partial charge is 0.475 e. The maximum Gasteiger partial charge on any atom is 0.430 e. The Bertz CT molecular complexity index is 595. The molecule has 1 aromatic carbocycles. The van der Waals surface area contributed by atoms with E-state index in [1.54, 1.807) is 0 Å². The van der Waals surface area contributed by atoms with Gasteiger partial charge < -0.3 is 4.74 Å². The van der Waals surface area contributed by atoms with Crippen LogP contribution in [0.5, 0.6) is 5.75 Å². The number of rotatable bonds is 1.